The average molecular weight is 314 g/mol. The lowest BCUT2D eigenvalue weighted by atomic mass is 10.0. The first kappa shape index (κ1) is 18.5. The molecular formula is C12H15ClF3NO3. The van der Waals surface area contributed by atoms with Crippen molar-refractivity contribution in [1.82, 2.24) is 0 Å². The van der Waals surface area contributed by atoms with E-state index < -0.39 is 18.4 Å². The van der Waals surface area contributed by atoms with Crippen molar-refractivity contribution in [3.8, 4) is 5.75 Å². The molecule has 1 rings (SSSR count). The number of nitrogens with two attached hydrogens (primary N) is 1. The fraction of sp³-hybridized carbons (Fsp3) is 0.417. The Bertz CT molecular complexity index is 440. The van der Waals surface area contributed by atoms with Crippen LogP contribution in [0.15, 0.2) is 24.3 Å². The molecule has 0 fully saturated rings. The number of rotatable bonds is 5. The van der Waals surface area contributed by atoms with Gasteiger partial charge < -0.3 is 15.2 Å². The molecule has 4 nitrogen and oxygen atoms in total. The number of carbonyl (C=O) groups excluding carboxylic acids is 1. The van der Waals surface area contributed by atoms with Crippen LogP contribution >= 0.6 is 12.4 Å². The molecule has 114 valence electrons. The molecule has 0 aliphatic heterocycles. The van der Waals surface area contributed by atoms with Crippen molar-refractivity contribution in [3.05, 3.63) is 29.8 Å². The zero-order valence-corrected chi connectivity index (χ0v) is 11.5. The molecule has 20 heavy (non-hydrogen) atoms. The molecule has 1 atom stereocenters. The van der Waals surface area contributed by atoms with E-state index in [4.69, 9.17) is 10.5 Å². The summed E-state index contributed by atoms with van der Waals surface area (Å²) in [4.78, 5) is 11.2. The van der Waals surface area contributed by atoms with Crippen LogP contribution in [0, 0.1) is 0 Å². The van der Waals surface area contributed by atoms with Gasteiger partial charge in [0.25, 0.3) is 0 Å². The summed E-state index contributed by atoms with van der Waals surface area (Å²) >= 11 is 0. The lowest BCUT2D eigenvalue weighted by Gasteiger charge is -2.14. The monoisotopic (exact) mass is 313 g/mol. The van der Waals surface area contributed by atoms with Crippen LogP contribution in [0.1, 0.15) is 24.9 Å². The maximum atomic E-state index is 12.1. The van der Waals surface area contributed by atoms with E-state index in [1.807, 2.05) is 0 Å². The maximum absolute atomic E-state index is 12.1. The standard InChI is InChI=1S/C12H14F3NO3.ClH/c1-2-18-11(17)7-10(16)8-4-3-5-9(6-8)19-12(13,14)15;/h3-6,10H,2,7,16H2,1H3;1H/t10-;/m0./s1. The van der Waals surface area contributed by atoms with Crippen molar-refractivity contribution in [1.29, 1.82) is 0 Å². The Labute approximate surface area is 120 Å². The topological polar surface area (TPSA) is 61.5 Å². The van der Waals surface area contributed by atoms with Crippen molar-refractivity contribution in [2.75, 3.05) is 6.61 Å². The highest BCUT2D eigenvalue weighted by molar-refractivity contribution is 5.85. The summed E-state index contributed by atoms with van der Waals surface area (Å²) in [6.07, 6.45) is -4.87. The van der Waals surface area contributed by atoms with Crippen molar-refractivity contribution in [2.24, 2.45) is 5.73 Å². The number of esters is 1. The summed E-state index contributed by atoms with van der Waals surface area (Å²) in [7, 11) is 0. The van der Waals surface area contributed by atoms with Gasteiger partial charge in [0.1, 0.15) is 5.75 Å². The van der Waals surface area contributed by atoms with Gasteiger partial charge in [0, 0.05) is 6.04 Å². The number of halogens is 4. The third-order valence-electron chi connectivity index (χ3n) is 2.21. The van der Waals surface area contributed by atoms with Crippen LogP contribution in [0.3, 0.4) is 0 Å². The normalized spacial score (nSPS) is 12.2. The van der Waals surface area contributed by atoms with Crippen molar-refractivity contribution >= 4 is 18.4 Å². The molecule has 0 aromatic heterocycles. The zero-order chi connectivity index (χ0) is 14.5. The van der Waals surface area contributed by atoms with E-state index in [-0.39, 0.29) is 31.2 Å². The molecule has 2 N–H and O–H groups in total. The summed E-state index contributed by atoms with van der Waals surface area (Å²) in [5, 5.41) is 0. The number of hydrogen-bond donors (Lipinski definition) is 1. The van der Waals surface area contributed by atoms with Crippen molar-refractivity contribution in [3.63, 3.8) is 0 Å². The predicted octanol–water partition coefficient (Wildman–Crippen LogP) is 2.96. The van der Waals surface area contributed by atoms with Crippen LogP contribution in [0.25, 0.3) is 0 Å². The van der Waals surface area contributed by atoms with E-state index >= 15 is 0 Å². The highest BCUT2D eigenvalue weighted by Crippen LogP contribution is 2.25. The van der Waals surface area contributed by atoms with Crippen LogP contribution in [0.2, 0.25) is 0 Å². The van der Waals surface area contributed by atoms with E-state index in [1.165, 1.54) is 12.1 Å². The van der Waals surface area contributed by atoms with E-state index in [0.717, 1.165) is 12.1 Å². The fourth-order valence-electron chi connectivity index (χ4n) is 1.46. The Morgan fingerprint density at radius 2 is 2.05 bits per heavy atom. The second-order valence-corrected chi connectivity index (χ2v) is 3.74. The minimum atomic E-state index is -4.76. The molecule has 0 amide bonds. The lowest BCUT2D eigenvalue weighted by Crippen LogP contribution is -2.19. The summed E-state index contributed by atoms with van der Waals surface area (Å²) < 4.78 is 44.7. The molecule has 8 heteroatoms. The second kappa shape index (κ2) is 7.96. The molecule has 0 unspecified atom stereocenters. The number of alkyl halides is 3. The van der Waals surface area contributed by atoms with E-state index in [1.54, 1.807) is 6.92 Å². The quantitative estimate of drug-likeness (QED) is 0.849. The first-order chi connectivity index (χ1) is 8.81. The van der Waals surface area contributed by atoms with Gasteiger partial charge in [0.2, 0.25) is 0 Å². The molecule has 1 aromatic carbocycles. The number of ether oxygens (including phenoxy) is 2. The zero-order valence-electron chi connectivity index (χ0n) is 10.6. The van der Waals surface area contributed by atoms with Gasteiger partial charge in [-0.25, -0.2) is 0 Å². The molecule has 0 radical (unpaired) electrons. The van der Waals surface area contributed by atoms with E-state index in [2.05, 4.69) is 4.74 Å². The summed E-state index contributed by atoms with van der Waals surface area (Å²) in [5.41, 5.74) is 6.09. The van der Waals surface area contributed by atoms with E-state index in [0.29, 0.717) is 5.56 Å². The SMILES string of the molecule is CCOC(=O)C[C@H](N)c1cccc(OC(F)(F)F)c1.Cl. The van der Waals surface area contributed by atoms with Crippen molar-refractivity contribution in [2.45, 2.75) is 25.7 Å². The van der Waals surface area contributed by atoms with Gasteiger partial charge in [0.15, 0.2) is 0 Å². The Morgan fingerprint density at radius 3 is 2.60 bits per heavy atom. The van der Waals surface area contributed by atoms with Gasteiger partial charge in [0.05, 0.1) is 13.0 Å². The summed E-state index contributed by atoms with van der Waals surface area (Å²) in [6.45, 7) is 1.88. The van der Waals surface area contributed by atoms with Gasteiger partial charge in [-0.15, -0.1) is 25.6 Å². The molecule has 0 aliphatic rings. The fourth-order valence-corrected chi connectivity index (χ4v) is 1.46. The Balaban J connectivity index is 0.00000361. The van der Waals surface area contributed by atoms with Crippen LogP contribution in [-0.2, 0) is 9.53 Å². The minimum Gasteiger partial charge on any atom is -0.466 e. The molecule has 0 saturated heterocycles. The molecule has 0 heterocycles. The lowest BCUT2D eigenvalue weighted by molar-refractivity contribution is -0.274. The molecule has 0 saturated carbocycles. The number of benzene rings is 1. The third-order valence-corrected chi connectivity index (χ3v) is 2.21. The van der Waals surface area contributed by atoms with E-state index in [9.17, 15) is 18.0 Å². The number of hydrogen-bond acceptors (Lipinski definition) is 4. The maximum Gasteiger partial charge on any atom is 0.573 e. The first-order valence-corrected chi connectivity index (χ1v) is 5.58. The van der Waals surface area contributed by atoms with Gasteiger partial charge in [-0.1, -0.05) is 12.1 Å². The first-order valence-electron chi connectivity index (χ1n) is 5.58. The van der Waals surface area contributed by atoms with Crippen LogP contribution in [0.4, 0.5) is 13.2 Å². The predicted molar refractivity (Wildman–Crippen MR) is 68.6 cm³/mol. The molecule has 0 spiro atoms. The third kappa shape index (κ3) is 6.63. The molecule has 0 bridgehead atoms. The van der Waals surface area contributed by atoms with Gasteiger partial charge >= 0.3 is 12.3 Å². The smallest absolute Gasteiger partial charge is 0.466 e. The summed E-state index contributed by atoms with van der Waals surface area (Å²) in [6, 6.07) is 4.47. The Morgan fingerprint density at radius 1 is 1.40 bits per heavy atom. The van der Waals surface area contributed by atoms with Gasteiger partial charge in [-0.2, -0.15) is 0 Å². The number of carbonyl (C=O) groups is 1. The Hall–Kier alpha value is -1.47. The van der Waals surface area contributed by atoms with Crippen LogP contribution in [-0.4, -0.2) is 18.9 Å². The Kier molecular flexibility index (Phi) is 7.38. The van der Waals surface area contributed by atoms with Crippen LogP contribution < -0.4 is 10.5 Å². The van der Waals surface area contributed by atoms with Crippen LogP contribution in [0.5, 0.6) is 5.75 Å². The second-order valence-electron chi connectivity index (χ2n) is 3.74. The van der Waals surface area contributed by atoms with Crippen molar-refractivity contribution < 1.29 is 27.4 Å². The highest BCUT2D eigenvalue weighted by atomic mass is 35.5. The highest BCUT2D eigenvalue weighted by Gasteiger charge is 2.31. The van der Waals surface area contributed by atoms with Gasteiger partial charge in [-0.05, 0) is 24.6 Å². The average Bonchev–Trinajstić information content (AvgIpc) is 2.27. The van der Waals surface area contributed by atoms with Gasteiger partial charge in [-0.3, -0.25) is 4.79 Å². The molecule has 1 aromatic rings. The largest absolute Gasteiger partial charge is 0.573 e. The minimum absolute atomic E-state index is 0. The molecular weight excluding hydrogens is 299 g/mol. The molecule has 0 aliphatic carbocycles. The summed E-state index contributed by atoms with van der Waals surface area (Å²) in [5.74, 6) is -0.874.